The van der Waals surface area contributed by atoms with Gasteiger partial charge in [0.15, 0.2) is 0 Å². The van der Waals surface area contributed by atoms with Gasteiger partial charge in [-0.1, -0.05) is 30.3 Å². The summed E-state index contributed by atoms with van der Waals surface area (Å²) < 4.78 is 0. The molecule has 4 amide bonds. The number of aliphatic hydroxyl groups is 1. The van der Waals surface area contributed by atoms with Gasteiger partial charge >= 0.3 is 5.97 Å². The molecule has 16 heteroatoms. The van der Waals surface area contributed by atoms with Crippen LogP contribution in [0.25, 0.3) is 0 Å². The van der Waals surface area contributed by atoms with Crippen molar-refractivity contribution in [3.63, 3.8) is 0 Å². The highest BCUT2D eigenvalue weighted by Gasteiger charge is 2.32. The second-order valence-corrected chi connectivity index (χ2v) is 9.81. The van der Waals surface area contributed by atoms with Crippen molar-refractivity contribution in [2.24, 2.45) is 5.73 Å². The number of aromatic amines is 2. The Morgan fingerprint density at radius 2 is 1.19 bits per heavy atom. The molecule has 0 aliphatic rings. The summed E-state index contributed by atoms with van der Waals surface area (Å²) in [4.78, 5) is 77.6. The van der Waals surface area contributed by atoms with Crippen LogP contribution in [0.4, 0.5) is 0 Å². The number of aliphatic carboxylic acids is 1. The quantitative estimate of drug-likeness (QED) is 0.0840. The highest BCUT2D eigenvalue weighted by atomic mass is 16.4. The summed E-state index contributed by atoms with van der Waals surface area (Å²) in [5.74, 6) is -4.38. The van der Waals surface area contributed by atoms with Gasteiger partial charge < -0.3 is 47.2 Å². The van der Waals surface area contributed by atoms with E-state index in [4.69, 9.17) is 5.73 Å². The molecule has 0 unspecified atom stereocenters. The van der Waals surface area contributed by atoms with Crippen LogP contribution in [-0.4, -0.2) is 96.6 Å². The standard InChI is InChI=1S/C27H35N9O7/c1-15(28)23(38)33-20(8-17-10-29-13-31-17)25(40)35-21(9-18-11-30-14-32-18)26(41)34-19(7-16-5-3-2-4-6-16)24(39)36-22(12-37)27(42)43/h2-6,10-11,13-15,19-22,37H,7-9,12,28H2,1H3,(H,29,31)(H,30,32)(H,33,38)(H,34,41)(H,35,40)(H,36,39)(H,42,43)/t15-,19-,20-,21-,22-/m0/s1. The third kappa shape index (κ3) is 10.0. The Balaban J connectivity index is 1.85. The zero-order valence-electron chi connectivity index (χ0n) is 23.3. The molecule has 43 heavy (non-hydrogen) atoms. The van der Waals surface area contributed by atoms with E-state index in [1.54, 1.807) is 30.3 Å². The third-order valence-corrected chi connectivity index (χ3v) is 6.35. The zero-order valence-corrected chi connectivity index (χ0v) is 23.3. The molecule has 0 aliphatic heterocycles. The number of hydrogen-bond donors (Lipinski definition) is 9. The molecule has 16 nitrogen and oxygen atoms in total. The van der Waals surface area contributed by atoms with Crippen LogP contribution in [0, 0.1) is 0 Å². The minimum Gasteiger partial charge on any atom is -0.480 e. The molecule has 0 saturated heterocycles. The zero-order chi connectivity index (χ0) is 31.4. The number of amides is 4. The van der Waals surface area contributed by atoms with Crippen LogP contribution < -0.4 is 27.0 Å². The van der Waals surface area contributed by atoms with Crippen molar-refractivity contribution >= 4 is 29.6 Å². The largest absolute Gasteiger partial charge is 0.480 e. The first-order chi connectivity index (χ1) is 20.6. The van der Waals surface area contributed by atoms with Gasteiger partial charge in [0.05, 0.1) is 25.3 Å². The van der Waals surface area contributed by atoms with Crippen LogP contribution in [0.2, 0.25) is 0 Å². The van der Waals surface area contributed by atoms with E-state index >= 15 is 0 Å². The van der Waals surface area contributed by atoms with Crippen molar-refractivity contribution in [2.45, 2.75) is 56.4 Å². The first-order valence-corrected chi connectivity index (χ1v) is 13.4. The van der Waals surface area contributed by atoms with Crippen LogP contribution in [0.5, 0.6) is 0 Å². The number of aromatic nitrogens is 4. The number of nitrogens with one attached hydrogen (secondary N) is 6. The normalized spacial score (nSPS) is 14.4. The number of carbonyl (C=O) groups excluding carboxylic acids is 4. The lowest BCUT2D eigenvalue weighted by molar-refractivity contribution is -0.143. The number of carboxylic acid groups (broad SMARTS) is 1. The minimum atomic E-state index is -1.60. The highest BCUT2D eigenvalue weighted by Crippen LogP contribution is 2.07. The average Bonchev–Trinajstić information content (AvgIpc) is 3.69. The Kier molecular flexibility index (Phi) is 11.9. The van der Waals surface area contributed by atoms with E-state index in [-0.39, 0.29) is 19.3 Å². The van der Waals surface area contributed by atoms with Gasteiger partial charge in [0, 0.05) is 43.0 Å². The Labute approximate surface area is 246 Å². The number of nitrogens with two attached hydrogens (primary N) is 1. The number of H-pyrrole nitrogens is 2. The molecule has 2 heterocycles. The fourth-order valence-corrected chi connectivity index (χ4v) is 4.02. The van der Waals surface area contributed by atoms with Crippen molar-refractivity contribution in [1.82, 2.24) is 41.2 Å². The summed E-state index contributed by atoms with van der Waals surface area (Å²) in [7, 11) is 0. The lowest BCUT2D eigenvalue weighted by Gasteiger charge is -2.26. The van der Waals surface area contributed by atoms with E-state index in [1.165, 1.54) is 32.0 Å². The van der Waals surface area contributed by atoms with Gasteiger partial charge in [-0.15, -0.1) is 0 Å². The van der Waals surface area contributed by atoms with E-state index in [0.29, 0.717) is 17.0 Å². The summed E-state index contributed by atoms with van der Waals surface area (Å²) in [5, 5.41) is 28.7. The summed E-state index contributed by atoms with van der Waals surface area (Å²) >= 11 is 0. The first-order valence-electron chi connectivity index (χ1n) is 13.4. The molecule has 5 atom stereocenters. The molecule has 2 aromatic heterocycles. The van der Waals surface area contributed by atoms with Crippen molar-refractivity contribution < 1.29 is 34.2 Å². The monoisotopic (exact) mass is 597 g/mol. The Hall–Kier alpha value is -5.09. The van der Waals surface area contributed by atoms with Crippen LogP contribution in [-0.2, 0) is 43.2 Å². The van der Waals surface area contributed by atoms with Gasteiger partial charge in [0.2, 0.25) is 23.6 Å². The highest BCUT2D eigenvalue weighted by molar-refractivity contribution is 5.95. The van der Waals surface area contributed by atoms with Crippen LogP contribution >= 0.6 is 0 Å². The number of nitrogens with zero attached hydrogens (tertiary/aromatic N) is 2. The third-order valence-electron chi connectivity index (χ3n) is 6.35. The topological polar surface area (TPSA) is 257 Å². The van der Waals surface area contributed by atoms with E-state index in [0.717, 1.165) is 0 Å². The maximum atomic E-state index is 13.6. The van der Waals surface area contributed by atoms with Crippen LogP contribution in [0.15, 0.2) is 55.4 Å². The van der Waals surface area contributed by atoms with E-state index in [9.17, 15) is 34.2 Å². The number of aliphatic hydroxyl groups excluding tert-OH is 1. The number of carboxylic acids is 1. The molecule has 230 valence electrons. The predicted octanol–water partition coefficient (Wildman–Crippen LogP) is -2.48. The molecule has 0 bridgehead atoms. The summed E-state index contributed by atoms with van der Waals surface area (Å²) in [6, 6.07) is 2.49. The fraction of sp³-hybridized carbons (Fsp3) is 0.370. The maximum absolute atomic E-state index is 13.6. The number of imidazole rings is 2. The number of benzene rings is 1. The van der Waals surface area contributed by atoms with Gasteiger partial charge in [-0.05, 0) is 12.5 Å². The van der Waals surface area contributed by atoms with Crippen molar-refractivity contribution in [2.75, 3.05) is 6.61 Å². The number of hydrogen-bond acceptors (Lipinski definition) is 9. The molecule has 1 aromatic carbocycles. The lowest BCUT2D eigenvalue weighted by Crippen LogP contribution is -2.59. The van der Waals surface area contributed by atoms with Crippen LogP contribution in [0.1, 0.15) is 23.9 Å². The van der Waals surface area contributed by atoms with Crippen molar-refractivity contribution in [3.8, 4) is 0 Å². The van der Waals surface area contributed by atoms with Crippen molar-refractivity contribution in [1.29, 1.82) is 0 Å². The molecule has 0 aliphatic carbocycles. The predicted molar refractivity (Wildman–Crippen MR) is 151 cm³/mol. The van der Waals surface area contributed by atoms with Gasteiger partial charge in [-0.2, -0.15) is 0 Å². The Bertz CT molecular complexity index is 1350. The van der Waals surface area contributed by atoms with Gasteiger partial charge in [0.25, 0.3) is 0 Å². The second kappa shape index (κ2) is 15.8. The molecular weight excluding hydrogens is 562 g/mol. The molecule has 3 aromatic rings. The minimum absolute atomic E-state index is 0.0134. The maximum Gasteiger partial charge on any atom is 0.328 e. The lowest BCUT2D eigenvalue weighted by atomic mass is 10.0. The molecule has 10 N–H and O–H groups in total. The van der Waals surface area contributed by atoms with Gasteiger partial charge in [0.1, 0.15) is 24.2 Å². The van der Waals surface area contributed by atoms with E-state index < -0.39 is 66.4 Å². The van der Waals surface area contributed by atoms with Crippen molar-refractivity contribution in [3.05, 3.63) is 72.3 Å². The van der Waals surface area contributed by atoms with E-state index in [2.05, 4.69) is 41.2 Å². The summed E-state index contributed by atoms with van der Waals surface area (Å²) in [6.07, 6.45) is 5.67. The molecule has 0 radical (unpaired) electrons. The Morgan fingerprint density at radius 3 is 1.58 bits per heavy atom. The Morgan fingerprint density at radius 1 is 0.744 bits per heavy atom. The number of carbonyl (C=O) groups is 5. The van der Waals surface area contributed by atoms with Gasteiger partial charge in [-0.3, -0.25) is 19.2 Å². The van der Waals surface area contributed by atoms with E-state index in [1.807, 2.05) is 0 Å². The average molecular weight is 598 g/mol. The first kappa shape index (κ1) is 32.4. The SMILES string of the molecule is C[C@H](N)C(=O)N[C@@H](Cc1cnc[nH]1)C(=O)N[C@@H](Cc1cnc[nH]1)C(=O)N[C@@H](Cc1ccccc1)C(=O)N[C@@H](CO)C(=O)O. The molecule has 0 saturated carbocycles. The summed E-state index contributed by atoms with van der Waals surface area (Å²) in [5.41, 5.74) is 7.36. The van der Waals surface area contributed by atoms with Crippen LogP contribution in [0.3, 0.4) is 0 Å². The molecular formula is C27H35N9O7. The molecule has 0 spiro atoms. The number of rotatable bonds is 16. The second-order valence-electron chi connectivity index (χ2n) is 9.81. The van der Waals surface area contributed by atoms with Gasteiger partial charge in [-0.25, -0.2) is 14.8 Å². The smallest absolute Gasteiger partial charge is 0.328 e. The molecule has 0 fully saturated rings. The fourth-order valence-electron chi connectivity index (χ4n) is 4.02. The molecule has 3 rings (SSSR count). The summed E-state index contributed by atoms with van der Waals surface area (Å²) in [6.45, 7) is 0.592.